The number of nitrogens with zero attached hydrogens (tertiary/aromatic N) is 4. The van der Waals surface area contributed by atoms with Crippen molar-refractivity contribution in [2.24, 2.45) is 5.92 Å². The zero-order valence-corrected chi connectivity index (χ0v) is 19.5. The van der Waals surface area contributed by atoms with Crippen molar-refractivity contribution in [1.29, 1.82) is 0 Å². The zero-order chi connectivity index (χ0) is 21.7. The average Bonchev–Trinajstić information content (AvgIpc) is 3.16. The van der Waals surface area contributed by atoms with E-state index in [9.17, 15) is 9.59 Å². The summed E-state index contributed by atoms with van der Waals surface area (Å²) in [5.41, 5.74) is -0.512. The fraction of sp³-hybridized carbons (Fsp3) is 0.810. The standard InChI is InChI=1S/C21H35N5O3S/c1-21(2,3)29-20(28)25(4)13-15-9-8-12-26(14-15)19(27)22-18-24-23-17(30-18)16-10-6-5-7-11-16/h15-16H,5-14H2,1-4H3,(H,22,24,27). The Bertz CT molecular complexity index is 726. The molecule has 30 heavy (non-hydrogen) atoms. The van der Waals surface area contributed by atoms with E-state index >= 15 is 0 Å². The van der Waals surface area contributed by atoms with Gasteiger partial charge in [0.15, 0.2) is 0 Å². The van der Waals surface area contributed by atoms with Gasteiger partial charge in [-0.25, -0.2) is 9.59 Å². The van der Waals surface area contributed by atoms with E-state index in [0.717, 1.165) is 17.8 Å². The van der Waals surface area contributed by atoms with Crippen LogP contribution in [0.4, 0.5) is 14.7 Å². The molecule has 3 amide bonds. The highest BCUT2D eigenvalue weighted by atomic mass is 32.1. The quantitative estimate of drug-likeness (QED) is 0.738. The number of aromatic nitrogens is 2. The van der Waals surface area contributed by atoms with E-state index < -0.39 is 5.60 Å². The number of rotatable bonds is 4. The second kappa shape index (κ2) is 9.94. The van der Waals surface area contributed by atoms with Crippen LogP contribution in [0, 0.1) is 5.92 Å². The van der Waals surface area contributed by atoms with Crippen molar-refractivity contribution in [2.75, 3.05) is 32.0 Å². The van der Waals surface area contributed by atoms with Crippen molar-refractivity contribution in [1.82, 2.24) is 20.0 Å². The second-order valence-corrected chi connectivity index (χ2v) is 10.5. The number of likely N-dealkylation sites (tertiary alicyclic amines) is 1. The van der Waals surface area contributed by atoms with E-state index in [1.807, 2.05) is 25.7 Å². The fourth-order valence-corrected chi connectivity index (χ4v) is 5.07. The Labute approximate surface area is 183 Å². The summed E-state index contributed by atoms with van der Waals surface area (Å²) >= 11 is 1.50. The lowest BCUT2D eigenvalue weighted by atomic mass is 9.90. The van der Waals surface area contributed by atoms with Crippen LogP contribution in [0.3, 0.4) is 0 Å². The fourth-order valence-electron chi connectivity index (χ4n) is 4.17. The first kappa shape index (κ1) is 22.8. The Balaban J connectivity index is 1.49. The maximum Gasteiger partial charge on any atom is 0.410 e. The van der Waals surface area contributed by atoms with Gasteiger partial charge in [0.05, 0.1) is 0 Å². The summed E-state index contributed by atoms with van der Waals surface area (Å²) in [6, 6.07) is -0.133. The first-order valence-corrected chi connectivity index (χ1v) is 11.9. The van der Waals surface area contributed by atoms with Crippen LogP contribution < -0.4 is 5.32 Å². The maximum absolute atomic E-state index is 12.8. The summed E-state index contributed by atoms with van der Waals surface area (Å²) in [7, 11) is 1.75. The molecule has 1 saturated carbocycles. The minimum Gasteiger partial charge on any atom is -0.444 e. The smallest absolute Gasteiger partial charge is 0.410 e. The molecule has 0 radical (unpaired) electrons. The van der Waals surface area contributed by atoms with Gasteiger partial charge in [0.2, 0.25) is 5.13 Å². The van der Waals surface area contributed by atoms with Crippen molar-refractivity contribution >= 4 is 28.6 Å². The highest BCUT2D eigenvalue weighted by Gasteiger charge is 2.28. The molecule has 3 rings (SSSR count). The van der Waals surface area contributed by atoms with Gasteiger partial charge in [-0.3, -0.25) is 5.32 Å². The van der Waals surface area contributed by atoms with Gasteiger partial charge in [0.1, 0.15) is 10.6 Å². The van der Waals surface area contributed by atoms with Crippen LogP contribution in [0.2, 0.25) is 0 Å². The van der Waals surface area contributed by atoms with Crippen LogP contribution in [0.25, 0.3) is 0 Å². The second-order valence-electron chi connectivity index (χ2n) is 9.53. The molecule has 0 bridgehead atoms. The number of anilines is 1. The third-order valence-corrected chi connectivity index (χ3v) is 6.65. The lowest BCUT2D eigenvalue weighted by Crippen LogP contribution is -2.46. The van der Waals surface area contributed by atoms with E-state index in [-0.39, 0.29) is 18.0 Å². The SMILES string of the molecule is CN(CC1CCCN(C(=O)Nc2nnc(C3CCCCC3)s2)C1)C(=O)OC(C)(C)C. The molecule has 2 aliphatic rings. The van der Waals surface area contributed by atoms with Crippen molar-refractivity contribution in [3.63, 3.8) is 0 Å². The molecule has 1 saturated heterocycles. The molecule has 0 aromatic carbocycles. The van der Waals surface area contributed by atoms with Gasteiger partial charge < -0.3 is 14.5 Å². The molecule has 1 N–H and O–H groups in total. The molecule has 0 spiro atoms. The van der Waals surface area contributed by atoms with Gasteiger partial charge in [0, 0.05) is 32.6 Å². The topological polar surface area (TPSA) is 87.7 Å². The monoisotopic (exact) mass is 437 g/mol. The third-order valence-electron chi connectivity index (χ3n) is 5.65. The number of urea groups is 1. The molecule has 1 aliphatic heterocycles. The van der Waals surface area contributed by atoms with Crippen molar-refractivity contribution in [2.45, 2.75) is 77.2 Å². The van der Waals surface area contributed by atoms with Gasteiger partial charge in [-0.1, -0.05) is 30.6 Å². The van der Waals surface area contributed by atoms with Crippen molar-refractivity contribution in [3.8, 4) is 0 Å². The molecule has 9 heteroatoms. The van der Waals surface area contributed by atoms with E-state index in [1.165, 1.54) is 43.4 Å². The Morgan fingerprint density at radius 1 is 1.17 bits per heavy atom. The molecule has 2 heterocycles. The minimum atomic E-state index is -0.512. The highest BCUT2D eigenvalue weighted by Crippen LogP contribution is 2.35. The summed E-state index contributed by atoms with van der Waals surface area (Å²) in [6.07, 6.45) is 7.72. The van der Waals surface area contributed by atoms with Crippen molar-refractivity contribution in [3.05, 3.63) is 5.01 Å². The van der Waals surface area contributed by atoms with Crippen LogP contribution in [-0.2, 0) is 4.74 Å². The number of carbonyl (C=O) groups excluding carboxylic acids is 2. The molecule has 1 aliphatic carbocycles. The molecule has 1 aromatic heterocycles. The molecule has 1 unspecified atom stereocenters. The molecule has 8 nitrogen and oxygen atoms in total. The summed E-state index contributed by atoms with van der Waals surface area (Å²) in [5.74, 6) is 0.721. The van der Waals surface area contributed by atoms with Gasteiger partial charge in [-0.2, -0.15) is 0 Å². The number of carbonyl (C=O) groups is 2. The van der Waals surface area contributed by atoms with Crippen LogP contribution in [0.1, 0.15) is 76.6 Å². The number of piperidine rings is 1. The van der Waals surface area contributed by atoms with Crippen LogP contribution >= 0.6 is 11.3 Å². The first-order chi connectivity index (χ1) is 14.2. The third kappa shape index (κ3) is 6.55. The van der Waals surface area contributed by atoms with E-state index in [2.05, 4.69) is 15.5 Å². The summed E-state index contributed by atoms with van der Waals surface area (Å²) in [5, 5.41) is 13.1. The Kier molecular flexibility index (Phi) is 7.55. The summed E-state index contributed by atoms with van der Waals surface area (Å²) in [4.78, 5) is 28.4. The highest BCUT2D eigenvalue weighted by molar-refractivity contribution is 7.15. The van der Waals surface area contributed by atoms with Gasteiger partial charge in [0.25, 0.3) is 0 Å². The normalized spacial score (nSPS) is 20.7. The average molecular weight is 438 g/mol. The first-order valence-electron chi connectivity index (χ1n) is 11.0. The molecule has 1 atom stereocenters. The molecule has 2 fully saturated rings. The number of nitrogens with one attached hydrogen (secondary N) is 1. The van der Waals surface area contributed by atoms with Gasteiger partial charge in [-0.15, -0.1) is 10.2 Å². The number of amides is 3. The van der Waals surface area contributed by atoms with Crippen LogP contribution in [0.5, 0.6) is 0 Å². The van der Waals surface area contributed by atoms with E-state index in [0.29, 0.717) is 30.7 Å². The Morgan fingerprint density at radius 3 is 2.60 bits per heavy atom. The van der Waals surface area contributed by atoms with E-state index in [1.54, 1.807) is 11.9 Å². The zero-order valence-electron chi connectivity index (χ0n) is 18.6. The lowest BCUT2D eigenvalue weighted by molar-refractivity contribution is 0.0253. The van der Waals surface area contributed by atoms with Crippen LogP contribution in [0.15, 0.2) is 0 Å². The molecule has 168 valence electrons. The minimum absolute atomic E-state index is 0.133. The molecular weight excluding hydrogens is 402 g/mol. The molecular formula is C21H35N5O3S. The Morgan fingerprint density at radius 2 is 1.90 bits per heavy atom. The molecule has 1 aromatic rings. The largest absolute Gasteiger partial charge is 0.444 e. The Hall–Kier alpha value is -1.90. The van der Waals surface area contributed by atoms with Crippen molar-refractivity contribution < 1.29 is 14.3 Å². The van der Waals surface area contributed by atoms with Gasteiger partial charge >= 0.3 is 12.1 Å². The number of hydrogen-bond acceptors (Lipinski definition) is 6. The predicted octanol–water partition coefficient (Wildman–Crippen LogP) is 4.70. The maximum atomic E-state index is 12.8. The van der Waals surface area contributed by atoms with Gasteiger partial charge in [-0.05, 0) is 52.4 Å². The number of hydrogen-bond donors (Lipinski definition) is 1. The van der Waals surface area contributed by atoms with Crippen LogP contribution in [-0.4, -0.2) is 64.4 Å². The number of ether oxygens (including phenoxy) is 1. The lowest BCUT2D eigenvalue weighted by Gasteiger charge is -2.34. The summed E-state index contributed by atoms with van der Waals surface area (Å²) in [6.45, 7) is 7.49. The predicted molar refractivity (Wildman–Crippen MR) is 118 cm³/mol. The van der Waals surface area contributed by atoms with E-state index in [4.69, 9.17) is 4.74 Å². The summed E-state index contributed by atoms with van der Waals surface area (Å²) < 4.78 is 5.43.